The van der Waals surface area contributed by atoms with Gasteiger partial charge in [0.25, 0.3) is 0 Å². The third kappa shape index (κ3) is 2.73. The quantitative estimate of drug-likeness (QED) is 0.761. The molecule has 1 aromatic carbocycles. The number of halogens is 1. The molecule has 3 rings (SSSR count). The van der Waals surface area contributed by atoms with Gasteiger partial charge in [0.1, 0.15) is 18.3 Å². The summed E-state index contributed by atoms with van der Waals surface area (Å²) < 4.78 is 10.9. The van der Waals surface area contributed by atoms with Crippen LogP contribution in [-0.4, -0.2) is 48.7 Å². The Bertz CT molecular complexity index is 496. The van der Waals surface area contributed by atoms with Gasteiger partial charge in [-0.1, -0.05) is 11.6 Å². The van der Waals surface area contributed by atoms with Crippen LogP contribution in [0, 0.1) is 0 Å². The molecule has 2 saturated heterocycles. The highest BCUT2D eigenvalue weighted by Gasteiger charge is 2.47. The number of anilines is 1. The SMILES string of the molecule is O=C(Nc1ccc(Cl)cc1)NC1COC2C(O)COC12. The van der Waals surface area contributed by atoms with Crippen molar-refractivity contribution in [2.24, 2.45) is 0 Å². The van der Waals surface area contributed by atoms with Crippen LogP contribution >= 0.6 is 11.6 Å². The molecule has 0 saturated carbocycles. The first kappa shape index (κ1) is 13.6. The molecule has 7 heteroatoms. The molecule has 0 bridgehead atoms. The van der Waals surface area contributed by atoms with E-state index in [1.807, 2.05) is 0 Å². The smallest absolute Gasteiger partial charge is 0.319 e. The van der Waals surface area contributed by atoms with E-state index in [1.165, 1.54) is 0 Å². The fraction of sp³-hybridized carbons (Fsp3) is 0.462. The third-order valence-electron chi connectivity index (χ3n) is 3.45. The van der Waals surface area contributed by atoms with Crippen LogP contribution < -0.4 is 10.6 Å². The molecular weight excluding hydrogens is 284 g/mol. The lowest BCUT2D eigenvalue weighted by molar-refractivity contribution is 0.0180. The largest absolute Gasteiger partial charge is 0.388 e. The van der Waals surface area contributed by atoms with E-state index >= 15 is 0 Å². The minimum Gasteiger partial charge on any atom is -0.388 e. The molecular formula is C13H15ClN2O4. The van der Waals surface area contributed by atoms with Crippen LogP contribution in [0.5, 0.6) is 0 Å². The highest BCUT2D eigenvalue weighted by Crippen LogP contribution is 2.27. The molecule has 4 atom stereocenters. The van der Waals surface area contributed by atoms with Gasteiger partial charge in [-0.05, 0) is 24.3 Å². The van der Waals surface area contributed by atoms with Gasteiger partial charge in [-0.2, -0.15) is 0 Å². The minimum atomic E-state index is -0.619. The van der Waals surface area contributed by atoms with Gasteiger partial charge in [-0.25, -0.2) is 4.79 Å². The van der Waals surface area contributed by atoms with Crippen LogP contribution in [0.2, 0.25) is 5.02 Å². The third-order valence-corrected chi connectivity index (χ3v) is 3.70. The molecule has 0 aromatic heterocycles. The first-order chi connectivity index (χ1) is 9.63. The van der Waals surface area contributed by atoms with Gasteiger partial charge in [0.15, 0.2) is 0 Å². The summed E-state index contributed by atoms with van der Waals surface area (Å²) in [6.07, 6.45) is -1.26. The Morgan fingerprint density at radius 1 is 1.20 bits per heavy atom. The Hall–Kier alpha value is -1.34. The zero-order chi connectivity index (χ0) is 14.1. The van der Waals surface area contributed by atoms with Crippen LogP contribution in [0.25, 0.3) is 0 Å². The Morgan fingerprint density at radius 2 is 1.90 bits per heavy atom. The fourth-order valence-electron chi connectivity index (χ4n) is 2.47. The lowest BCUT2D eigenvalue weighted by Gasteiger charge is -2.17. The van der Waals surface area contributed by atoms with Crippen LogP contribution in [0.4, 0.5) is 10.5 Å². The number of fused-ring (bicyclic) bond motifs is 1. The van der Waals surface area contributed by atoms with Crippen LogP contribution in [-0.2, 0) is 9.47 Å². The molecule has 0 radical (unpaired) electrons. The van der Waals surface area contributed by atoms with Crippen molar-refractivity contribution in [3.8, 4) is 0 Å². The van der Waals surface area contributed by atoms with Gasteiger partial charge in [0.2, 0.25) is 0 Å². The number of aliphatic hydroxyl groups is 1. The highest BCUT2D eigenvalue weighted by atomic mass is 35.5. The second-order valence-electron chi connectivity index (χ2n) is 4.88. The summed E-state index contributed by atoms with van der Waals surface area (Å²) in [5.74, 6) is 0. The van der Waals surface area contributed by atoms with Crippen molar-refractivity contribution in [2.45, 2.75) is 24.4 Å². The molecule has 4 unspecified atom stereocenters. The van der Waals surface area contributed by atoms with Gasteiger partial charge in [0, 0.05) is 10.7 Å². The molecule has 2 aliphatic heterocycles. The maximum Gasteiger partial charge on any atom is 0.319 e. The number of carbonyl (C=O) groups excluding carboxylic acids is 1. The van der Waals surface area contributed by atoms with E-state index in [2.05, 4.69) is 10.6 Å². The Morgan fingerprint density at radius 3 is 2.65 bits per heavy atom. The monoisotopic (exact) mass is 298 g/mol. The lowest BCUT2D eigenvalue weighted by Crippen LogP contribution is -2.46. The summed E-state index contributed by atoms with van der Waals surface area (Å²) in [5, 5.41) is 15.7. The molecule has 108 valence electrons. The summed E-state index contributed by atoms with van der Waals surface area (Å²) >= 11 is 5.78. The predicted octanol–water partition coefficient (Wildman–Crippen LogP) is 0.989. The minimum absolute atomic E-state index is 0.242. The van der Waals surface area contributed by atoms with Crippen LogP contribution in [0.15, 0.2) is 24.3 Å². The number of ether oxygens (including phenoxy) is 2. The van der Waals surface area contributed by atoms with Gasteiger partial charge in [0.05, 0.1) is 19.3 Å². The van der Waals surface area contributed by atoms with Gasteiger partial charge in [-0.3, -0.25) is 0 Å². The molecule has 3 N–H and O–H groups in total. The first-order valence-corrected chi connectivity index (χ1v) is 6.75. The summed E-state index contributed by atoms with van der Waals surface area (Å²) in [6, 6.07) is 6.22. The van der Waals surface area contributed by atoms with Crippen molar-refractivity contribution in [1.29, 1.82) is 0 Å². The molecule has 6 nitrogen and oxygen atoms in total. The average molecular weight is 299 g/mol. The number of carbonyl (C=O) groups is 1. The number of hydrogen-bond donors (Lipinski definition) is 3. The van der Waals surface area contributed by atoms with Crippen LogP contribution in [0.1, 0.15) is 0 Å². The van der Waals surface area contributed by atoms with E-state index in [-0.39, 0.29) is 30.9 Å². The van der Waals surface area contributed by atoms with Crippen molar-refractivity contribution in [1.82, 2.24) is 5.32 Å². The maximum absolute atomic E-state index is 11.9. The number of amides is 2. The van der Waals surface area contributed by atoms with E-state index in [4.69, 9.17) is 21.1 Å². The second-order valence-corrected chi connectivity index (χ2v) is 5.31. The second kappa shape index (κ2) is 5.57. The molecule has 0 aliphatic carbocycles. The number of hydrogen-bond acceptors (Lipinski definition) is 4. The molecule has 2 heterocycles. The van der Waals surface area contributed by atoms with E-state index in [9.17, 15) is 9.90 Å². The predicted molar refractivity (Wildman–Crippen MR) is 72.9 cm³/mol. The number of urea groups is 1. The zero-order valence-electron chi connectivity index (χ0n) is 10.6. The van der Waals surface area contributed by atoms with Crippen LogP contribution in [0.3, 0.4) is 0 Å². The molecule has 1 aromatic rings. The molecule has 20 heavy (non-hydrogen) atoms. The average Bonchev–Trinajstić information content (AvgIpc) is 2.97. The summed E-state index contributed by atoms with van der Waals surface area (Å²) in [6.45, 7) is 0.576. The van der Waals surface area contributed by atoms with Crippen molar-refractivity contribution in [3.05, 3.63) is 29.3 Å². The number of nitrogens with one attached hydrogen (secondary N) is 2. The van der Waals surface area contributed by atoms with E-state index in [1.54, 1.807) is 24.3 Å². The fourth-order valence-corrected chi connectivity index (χ4v) is 2.60. The van der Waals surface area contributed by atoms with Gasteiger partial charge < -0.3 is 25.2 Å². The Balaban J connectivity index is 1.56. The van der Waals surface area contributed by atoms with Gasteiger partial charge >= 0.3 is 6.03 Å². The number of aliphatic hydroxyl groups excluding tert-OH is 1. The Kier molecular flexibility index (Phi) is 3.80. The lowest BCUT2D eigenvalue weighted by atomic mass is 10.1. The summed E-state index contributed by atoms with van der Waals surface area (Å²) in [4.78, 5) is 11.9. The molecule has 0 spiro atoms. The van der Waals surface area contributed by atoms with Crippen molar-refractivity contribution < 1.29 is 19.4 Å². The normalized spacial score (nSPS) is 31.9. The number of benzene rings is 1. The Labute approximate surface area is 121 Å². The van der Waals surface area contributed by atoms with E-state index < -0.39 is 6.10 Å². The molecule has 2 fully saturated rings. The maximum atomic E-state index is 11.9. The van der Waals surface area contributed by atoms with Crippen molar-refractivity contribution >= 4 is 23.3 Å². The zero-order valence-corrected chi connectivity index (χ0v) is 11.3. The highest BCUT2D eigenvalue weighted by molar-refractivity contribution is 6.30. The topological polar surface area (TPSA) is 79.8 Å². The van der Waals surface area contributed by atoms with Crippen molar-refractivity contribution in [2.75, 3.05) is 18.5 Å². The molecule has 2 amide bonds. The summed E-state index contributed by atoms with van der Waals surface area (Å²) in [7, 11) is 0. The van der Waals surface area contributed by atoms with E-state index in [0.29, 0.717) is 17.3 Å². The number of rotatable bonds is 2. The standard InChI is InChI=1S/C13H15ClN2O4/c14-7-1-3-8(4-2-7)15-13(18)16-9-5-19-12-10(17)6-20-11(9)12/h1-4,9-12,17H,5-6H2,(H2,15,16,18). The first-order valence-electron chi connectivity index (χ1n) is 6.38. The molecule has 2 aliphatic rings. The van der Waals surface area contributed by atoms with Gasteiger partial charge in [-0.15, -0.1) is 0 Å². The van der Waals surface area contributed by atoms with Crippen molar-refractivity contribution in [3.63, 3.8) is 0 Å². The summed E-state index contributed by atoms with van der Waals surface area (Å²) in [5.41, 5.74) is 0.648. The van der Waals surface area contributed by atoms with E-state index in [0.717, 1.165) is 0 Å².